The molecular weight excluding hydrogens is 303 g/mol. The van der Waals surface area contributed by atoms with Crippen molar-refractivity contribution in [3.8, 4) is 0 Å². The Labute approximate surface area is 140 Å². The molecular formula is C21H21FO2. The summed E-state index contributed by atoms with van der Waals surface area (Å²) < 4.78 is 19.6. The molecule has 0 saturated heterocycles. The van der Waals surface area contributed by atoms with Crippen LogP contribution in [0.25, 0.3) is 21.7 Å². The van der Waals surface area contributed by atoms with Crippen LogP contribution in [0.5, 0.6) is 0 Å². The molecule has 2 nitrogen and oxygen atoms in total. The van der Waals surface area contributed by atoms with E-state index in [1.165, 1.54) is 31.2 Å². The number of fused-ring (bicyclic) bond motifs is 3. The van der Waals surface area contributed by atoms with Crippen molar-refractivity contribution in [2.45, 2.75) is 45.4 Å². The Morgan fingerprint density at radius 1 is 1.00 bits per heavy atom. The molecule has 0 aliphatic heterocycles. The topological polar surface area (TPSA) is 30.2 Å². The van der Waals surface area contributed by atoms with E-state index in [4.69, 9.17) is 4.42 Å². The van der Waals surface area contributed by atoms with Gasteiger partial charge in [-0.15, -0.1) is 0 Å². The predicted octanol–water partition coefficient (Wildman–Crippen LogP) is 5.69. The van der Waals surface area contributed by atoms with Crippen molar-refractivity contribution in [3.05, 3.63) is 57.7 Å². The summed E-state index contributed by atoms with van der Waals surface area (Å²) in [4.78, 5) is 12.4. The smallest absolute Gasteiger partial charge is 0.344 e. The summed E-state index contributed by atoms with van der Waals surface area (Å²) in [7, 11) is 0. The standard InChI is InChI=1S/C21H21FO2/c1-12-3-6-14(7-4-12)15-8-10-16-17-9-5-13(2)19(22)20(17)24-21(23)18(16)11-15/h5,8-12,14H,3-4,6-7H2,1-2H3. The van der Waals surface area contributed by atoms with Crippen LogP contribution in [0.3, 0.4) is 0 Å². The van der Waals surface area contributed by atoms with Crippen LogP contribution in [0.2, 0.25) is 0 Å². The molecule has 3 heteroatoms. The molecule has 24 heavy (non-hydrogen) atoms. The molecule has 2 aromatic carbocycles. The van der Waals surface area contributed by atoms with Gasteiger partial charge in [0.2, 0.25) is 0 Å². The fourth-order valence-corrected chi connectivity index (χ4v) is 3.93. The Hall–Kier alpha value is -2.16. The molecule has 0 radical (unpaired) electrons. The summed E-state index contributed by atoms with van der Waals surface area (Å²) >= 11 is 0. The monoisotopic (exact) mass is 324 g/mol. The molecule has 1 fully saturated rings. The van der Waals surface area contributed by atoms with Crippen LogP contribution in [0.15, 0.2) is 39.5 Å². The minimum Gasteiger partial charge on any atom is -0.419 e. The van der Waals surface area contributed by atoms with Gasteiger partial charge in [-0.05, 0) is 48.8 Å². The van der Waals surface area contributed by atoms with E-state index in [9.17, 15) is 9.18 Å². The average molecular weight is 324 g/mol. The Kier molecular flexibility index (Phi) is 3.67. The van der Waals surface area contributed by atoms with Crippen LogP contribution in [0.1, 0.15) is 49.7 Å². The number of hydrogen-bond acceptors (Lipinski definition) is 2. The molecule has 0 N–H and O–H groups in total. The van der Waals surface area contributed by atoms with Gasteiger partial charge in [0, 0.05) is 10.8 Å². The molecule has 0 spiro atoms. The lowest BCUT2D eigenvalue weighted by atomic mass is 9.79. The van der Waals surface area contributed by atoms with Gasteiger partial charge < -0.3 is 4.42 Å². The Bertz CT molecular complexity index is 978. The Morgan fingerprint density at radius 3 is 2.46 bits per heavy atom. The lowest BCUT2D eigenvalue weighted by Gasteiger charge is -2.26. The van der Waals surface area contributed by atoms with E-state index < -0.39 is 11.4 Å². The zero-order chi connectivity index (χ0) is 16.8. The lowest BCUT2D eigenvalue weighted by molar-refractivity contribution is 0.348. The highest BCUT2D eigenvalue weighted by atomic mass is 19.1. The van der Waals surface area contributed by atoms with Crippen molar-refractivity contribution in [3.63, 3.8) is 0 Å². The van der Waals surface area contributed by atoms with Crippen LogP contribution in [0, 0.1) is 18.7 Å². The molecule has 0 bridgehead atoms. The fourth-order valence-electron chi connectivity index (χ4n) is 3.93. The highest BCUT2D eigenvalue weighted by Gasteiger charge is 2.21. The largest absolute Gasteiger partial charge is 0.419 e. The van der Waals surface area contributed by atoms with Gasteiger partial charge in [-0.1, -0.05) is 44.0 Å². The Balaban J connectivity index is 1.89. The molecule has 1 heterocycles. The third kappa shape index (κ3) is 2.43. The first kappa shape index (κ1) is 15.4. The van der Waals surface area contributed by atoms with Gasteiger partial charge in [0.25, 0.3) is 0 Å². The molecule has 1 aliphatic carbocycles. The molecule has 0 atom stereocenters. The van der Waals surface area contributed by atoms with Gasteiger partial charge in [0.05, 0.1) is 5.39 Å². The predicted molar refractivity (Wildman–Crippen MR) is 95.1 cm³/mol. The van der Waals surface area contributed by atoms with Crippen molar-refractivity contribution in [2.75, 3.05) is 0 Å². The first-order valence-electron chi connectivity index (χ1n) is 8.70. The van der Waals surface area contributed by atoms with Crippen molar-refractivity contribution in [1.29, 1.82) is 0 Å². The van der Waals surface area contributed by atoms with Crippen molar-refractivity contribution in [2.24, 2.45) is 5.92 Å². The first-order valence-corrected chi connectivity index (χ1v) is 8.70. The minimum atomic E-state index is -0.451. The second-order valence-corrected chi connectivity index (χ2v) is 7.22. The van der Waals surface area contributed by atoms with Crippen molar-refractivity contribution >= 4 is 21.7 Å². The fraction of sp³-hybridized carbons (Fsp3) is 0.381. The molecule has 3 aromatic rings. The average Bonchev–Trinajstić information content (AvgIpc) is 2.59. The van der Waals surface area contributed by atoms with E-state index in [0.717, 1.165) is 11.3 Å². The normalized spacial score (nSPS) is 21.5. The molecule has 0 amide bonds. The summed E-state index contributed by atoms with van der Waals surface area (Å²) in [6.45, 7) is 3.97. The summed E-state index contributed by atoms with van der Waals surface area (Å²) in [6.07, 6.45) is 4.80. The maximum Gasteiger partial charge on any atom is 0.344 e. The zero-order valence-corrected chi connectivity index (χ0v) is 14.1. The van der Waals surface area contributed by atoms with Crippen LogP contribution in [-0.2, 0) is 0 Å². The van der Waals surface area contributed by atoms with Crippen LogP contribution < -0.4 is 5.63 Å². The summed E-state index contributed by atoms with van der Waals surface area (Å²) in [6, 6.07) is 9.57. The summed E-state index contributed by atoms with van der Waals surface area (Å²) in [5.74, 6) is 0.856. The molecule has 0 unspecified atom stereocenters. The second kappa shape index (κ2) is 5.73. The van der Waals surface area contributed by atoms with Gasteiger partial charge in [-0.25, -0.2) is 9.18 Å². The van der Waals surface area contributed by atoms with Gasteiger partial charge >= 0.3 is 5.63 Å². The lowest BCUT2D eigenvalue weighted by Crippen LogP contribution is -2.11. The van der Waals surface area contributed by atoms with E-state index in [-0.39, 0.29) is 5.58 Å². The number of hydrogen-bond donors (Lipinski definition) is 0. The molecule has 1 aliphatic rings. The highest BCUT2D eigenvalue weighted by molar-refractivity contribution is 6.04. The molecule has 1 saturated carbocycles. The third-order valence-corrected chi connectivity index (χ3v) is 5.53. The third-order valence-electron chi connectivity index (χ3n) is 5.53. The second-order valence-electron chi connectivity index (χ2n) is 7.22. The Morgan fingerprint density at radius 2 is 1.71 bits per heavy atom. The van der Waals surface area contributed by atoms with Crippen molar-refractivity contribution < 1.29 is 8.81 Å². The van der Waals surface area contributed by atoms with Gasteiger partial charge in [0.15, 0.2) is 11.4 Å². The van der Waals surface area contributed by atoms with Gasteiger partial charge in [-0.3, -0.25) is 0 Å². The van der Waals surface area contributed by atoms with E-state index in [1.807, 2.05) is 18.2 Å². The maximum absolute atomic E-state index is 14.3. The molecule has 124 valence electrons. The van der Waals surface area contributed by atoms with E-state index in [1.54, 1.807) is 13.0 Å². The number of rotatable bonds is 1. The van der Waals surface area contributed by atoms with Crippen molar-refractivity contribution in [1.82, 2.24) is 0 Å². The summed E-state index contributed by atoms with van der Waals surface area (Å²) in [5.41, 5.74) is 1.30. The quantitative estimate of drug-likeness (QED) is 0.425. The minimum absolute atomic E-state index is 0.0618. The van der Waals surface area contributed by atoms with E-state index >= 15 is 0 Å². The number of benzene rings is 2. The van der Waals surface area contributed by atoms with Crippen LogP contribution in [-0.4, -0.2) is 0 Å². The zero-order valence-electron chi connectivity index (χ0n) is 14.1. The van der Waals surface area contributed by atoms with Crippen LogP contribution >= 0.6 is 0 Å². The maximum atomic E-state index is 14.3. The van der Waals surface area contributed by atoms with E-state index in [0.29, 0.717) is 22.3 Å². The molecule has 4 rings (SSSR count). The van der Waals surface area contributed by atoms with E-state index in [2.05, 4.69) is 13.0 Å². The highest BCUT2D eigenvalue weighted by Crippen LogP contribution is 2.37. The first-order chi connectivity index (χ1) is 11.5. The molecule has 1 aromatic heterocycles. The SMILES string of the molecule is Cc1ccc2c(oc(=O)c3cc(C4CCC(C)CC4)ccc32)c1F. The summed E-state index contributed by atoms with van der Waals surface area (Å²) in [5, 5.41) is 1.99. The van der Waals surface area contributed by atoms with Gasteiger partial charge in [0.1, 0.15) is 0 Å². The van der Waals surface area contributed by atoms with Crippen LogP contribution in [0.4, 0.5) is 4.39 Å². The number of halogens is 1. The number of aryl methyl sites for hydroxylation is 1. The van der Waals surface area contributed by atoms with Gasteiger partial charge in [-0.2, -0.15) is 0 Å².